The SMILES string of the molecule is CC1CCCC(O)(Cc2cccc(F)c2Br)C1C. The number of halogens is 2. The highest BCUT2D eigenvalue weighted by Gasteiger charge is 2.40. The van der Waals surface area contributed by atoms with E-state index in [1.165, 1.54) is 12.5 Å². The Morgan fingerprint density at radius 3 is 2.89 bits per heavy atom. The molecular formula is C15H20BrFO. The van der Waals surface area contributed by atoms with Crippen molar-refractivity contribution in [3.05, 3.63) is 34.1 Å². The van der Waals surface area contributed by atoms with E-state index >= 15 is 0 Å². The van der Waals surface area contributed by atoms with Crippen LogP contribution in [-0.4, -0.2) is 10.7 Å². The third-order valence-corrected chi connectivity index (χ3v) is 5.39. The average Bonchev–Trinajstić information content (AvgIpc) is 2.32. The molecule has 3 heteroatoms. The predicted molar refractivity (Wildman–Crippen MR) is 74.9 cm³/mol. The molecule has 0 saturated heterocycles. The van der Waals surface area contributed by atoms with E-state index < -0.39 is 5.60 Å². The summed E-state index contributed by atoms with van der Waals surface area (Å²) in [5.41, 5.74) is 0.159. The summed E-state index contributed by atoms with van der Waals surface area (Å²) in [5.74, 6) is 0.519. The lowest BCUT2D eigenvalue weighted by molar-refractivity contribution is -0.0622. The molecule has 0 amide bonds. The minimum Gasteiger partial charge on any atom is -0.389 e. The molecule has 1 saturated carbocycles. The van der Waals surface area contributed by atoms with Crippen molar-refractivity contribution in [1.29, 1.82) is 0 Å². The molecule has 1 aromatic rings. The molecule has 1 aromatic carbocycles. The van der Waals surface area contributed by atoms with Crippen molar-refractivity contribution in [1.82, 2.24) is 0 Å². The van der Waals surface area contributed by atoms with Gasteiger partial charge < -0.3 is 5.11 Å². The molecular weight excluding hydrogens is 295 g/mol. The molecule has 3 atom stereocenters. The van der Waals surface area contributed by atoms with Gasteiger partial charge in [0.2, 0.25) is 0 Å². The summed E-state index contributed by atoms with van der Waals surface area (Å²) >= 11 is 3.28. The normalized spacial score (nSPS) is 32.5. The molecule has 18 heavy (non-hydrogen) atoms. The molecule has 0 spiro atoms. The van der Waals surface area contributed by atoms with E-state index in [2.05, 4.69) is 29.8 Å². The van der Waals surface area contributed by atoms with Crippen LogP contribution in [0.2, 0.25) is 0 Å². The van der Waals surface area contributed by atoms with Crippen molar-refractivity contribution >= 4 is 15.9 Å². The first-order valence-corrected chi connectivity index (χ1v) is 7.38. The minimum atomic E-state index is -0.700. The van der Waals surface area contributed by atoms with Gasteiger partial charge in [-0.2, -0.15) is 0 Å². The zero-order chi connectivity index (χ0) is 13.3. The summed E-state index contributed by atoms with van der Waals surface area (Å²) in [6, 6.07) is 5.03. The van der Waals surface area contributed by atoms with E-state index in [-0.39, 0.29) is 11.7 Å². The van der Waals surface area contributed by atoms with Crippen molar-refractivity contribution in [2.45, 2.75) is 45.1 Å². The van der Waals surface area contributed by atoms with E-state index in [4.69, 9.17) is 0 Å². The topological polar surface area (TPSA) is 20.2 Å². The van der Waals surface area contributed by atoms with Crippen LogP contribution in [0.25, 0.3) is 0 Å². The molecule has 0 aliphatic heterocycles. The first kappa shape index (κ1) is 14.0. The molecule has 1 fully saturated rings. The molecule has 0 radical (unpaired) electrons. The molecule has 2 rings (SSSR count). The Bertz CT molecular complexity index is 435. The Hall–Kier alpha value is -0.410. The number of hydrogen-bond donors (Lipinski definition) is 1. The largest absolute Gasteiger partial charge is 0.389 e. The summed E-state index contributed by atoms with van der Waals surface area (Å²) < 4.78 is 14.0. The maximum absolute atomic E-state index is 13.5. The lowest BCUT2D eigenvalue weighted by atomic mass is 9.68. The van der Waals surface area contributed by atoms with E-state index in [1.54, 1.807) is 6.07 Å². The van der Waals surface area contributed by atoms with E-state index in [0.29, 0.717) is 16.8 Å². The second-order valence-corrected chi connectivity index (χ2v) is 6.44. The first-order valence-electron chi connectivity index (χ1n) is 6.59. The van der Waals surface area contributed by atoms with Crippen LogP contribution < -0.4 is 0 Å². The van der Waals surface area contributed by atoms with Crippen molar-refractivity contribution in [2.24, 2.45) is 11.8 Å². The van der Waals surface area contributed by atoms with Gasteiger partial charge in [-0.3, -0.25) is 0 Å². The van der Waals surface area contributed by atoms with Gasteiger partial charge in [0.15, 0.2) is 0 Å². The monoisotopic (exact) mass is 314 g/mol. The maximum atomic E-state index is 13.5. The molecule has 1 aliphatic carbocycles. The Labute approximate surface area is 117 Å². The molecule has 1 aliphatic rings. The zero-order valence-corrected chi connectivity index (χ0v) is 12.5. The maximum Gasteiger partial charge on any atom is 0.137 e. The molecule has 1 nitrogen and oxygen atoms in total. The van der Waals surface area contributed by atoms with Gasteiger partial charge in [0.05, 0.1) is 10.1 Å². The van der Waals surface area contributed by atoms with Crippen LogP contribution in [0.15, 0.2) is 22.7 Å². The Morgan fingerprint density at radius 1 is 1.44 bits per heavy atom. The van der Waals surface area contributed by atoms with Crippen LogP contribution >= 0.6 is 15.9 Å². The third-order valence-electron chi connectivity index (χ3n) is 4.50. The highest BCUT2D eigenvalue weighted by molar-refractivity contribution is 9.10. The Morgan fingerprint density at radius 2 is 2.17 bits per heavy atom. The molecule has 100 valence electrons. The number of rotatable bonds is 2. The number of aliphatic hydroxyl groups is 1. The summed E-state index contributed by atoms with van der Waals surface area (Å²) in [5, 5.41) is 10.8. The molecule has 1 N–H and O–H groups in total. The fraction of sp³-hybridized carbons (Fsp3) is 0.600. The van der Waals surface area contributed by atoms with E-state index in [9.17, 15) is 9.50 Å². The lowest BCUT2D eigenvalue weighted by Crippen LogP contribution is -2.44. The fourth-order valence-electron chi connectivity index (χ4n) is 3.00. The standard InChI is InChI=1S/C15H20BrFO/c1-10-5-4-8-15(18,11(10)2)9-12-6-3-7-13(17)14(12)16/h3,6-7,10-11,18H,4-5,8-9H2,1-2H3. The number of hydrogen-bond acceptors (Lipinski definition) is 1. The second kappa shape index (κ2) is 5.30. The van der Waals surface area contributed by atoms with E-state index in [0.717, 1.165) is 18.4 Å². The van der Waals surface area contributed by atoms with Crippen LogP contribution in [-0.2, 0) is 6.42 Å². The van der Waals surface area contributed by atoms with Gasteiger partial charge >= 0.3 is 0 Å². The highest BCUT2D eigenvalue weighted by Crippen LogP contribution is 2.40. The Balaban J connectivity index is 2.24. The van der Waals surface area contributed by atoms with Gasteiger partial charge in [-0.15, -0.1) is 0 Å². The van der Waals surface area contributed by atoms with Crippen LogP contribution in [0.3, 0.4) is 0 Å². The number of benzene rings is 1. The summed E-state index contributed by atoms with van der Waals surface area (Å²) in [6.07, 6.45) is 3.56. The van der Waals surface area contributed by atoms with Gasteiger partial charge in [-0.05, 0) is 45.8 Å². The summed E-state index contributed by atoms with van der Waals surface area (Å²) in [7, 11) is 0. The molecule has 3 unspecified atom stereocenters. The van der Waals surface area contributed by atoms with E-state index in [1.807, 2.05) is 6.07 Å². The molecule has 0 heterocycles. The zero-order valence-electron chi connectivity index (χ0n) is 10.9. The lowest BCUT2D eigenvalue weighted by Gasteiger charge is -2.42. The van der Waals surface area contributed by atoms with Gasteiger partial charge in [0.25, 0.3) is 0 Å². The van der Waals surface area contributed by atoms with Crippen molar-refractivity contribution in [3.63, 3.8) is 0 Å². The highest BCUT2D eigenvalue weighted by atomic mass is 79.9. The quantitative estimate of drug-likeness (QED) is 0.862. The van der Waals surface area contributed by atoms with Crippen LogP contribution in [0.1, 0.15) is 38.7 Å². The van der Waals surface area contributed by atoms with Crippen LogP contribution in [0, 0.1) is 17.7 Å². The van der Waals surface area contributed by atoms with Crippen LogP contribution in [0.5, 0.6) is 0 Å². The summed E-state index contributed by atoms with van der Waals surface area (Å²) in [4.78, 5) is 0. The van der Waals surface area contributed by atoms with Gasteiger partial charge in [0, 0.05) is 6.42 Å². The van der Waals surface area contributed by atoms with Crippen LogP contribution in [0.4, 0.5) is 4.39 Å². The first-order chi connectivity index (χ1) is 8.44. The molecule has 0 aromatic heterocycles. The fourth-order valence-corrected chi connectivity index (χ4v) is 3.41. The van der Waals surface area contributed by atoms with Gasteiger partial charge in [-0.1, -0.05) is 38.8 Å². The van der Waals surface area contributed by atoms with Crippen molar-refractivity contribution in [3.8, 4) is 0 Å². The van der Waals surface area contributed by atoms with Crippen molar-refractivity contribution in [2.75, 3.05) is 0 Å². The smallest absolute Gasteiger partial charge is 0.137 e. The summed E-state index contributed by atoms with van der Waals surface area (Å²) in [6.45, 7) is 4.30. The van der Waals surface area contributed by atoms with Gasteiger partial charge in [0.1, 0.15) is 5.82 Å². The minimum absolute atomic E-state index is 0.251. The third kappa shape index (κ3) is 2.62. The van der Waals surface area contributed by atoms with Crippen molar-refractivity contribution < 1.29 is 9.50 Å². The second-order valence-electron chi connectivity index (χ2n) is 5.65. The molecule has 0 bridgehead atoms. The Kier molecular flexibility index (Phi) is 4.12. The predicted octanol–water partition coefficient (Wildman–Crippen LogP) is 4.32. The van der Waals surface area contributed by atoms with Gasteiger partial charge in [-0.25, -0.2) is 4.39 Å². The average molecular weight is 315 g/mol.